The van der Waals surface area contributed by atoms with Gasteiger partial charge < -0.3 is 14.8 Å². The topological polar surface area (TPSA) is 71.4 Å². The summed E-state index contributed by atoms with van der Waals surface area (Å²) in [5, 5.41) is 11.4. The highest BCUT2D eigenvalue weighted by atomic mass is 35.5. The number of nitrogens with zero attached hydrogens (tertiary/aromatic N) is 1. The van der Waals surface area contributed by atoms with Gasteiger partial charge in [-0.05, 0) is 17.7 Å². The minimum Gasteiger partial charge on any atom is -0.454 e. The van der Waals surface area contributed by atoms with E-state index >= 15 is 0 Å². The van der Waals surface area contributed by atoms with Crippen LogP contribution >= 0.6 is 11.6 Å². The third kappa shape index (κ3) is 2.60. The Balaban J connectivity index is 2.05. The fourth-order valence-electron chi connectivity index (χ4n) is 1.46. The van der Waals surface area contributed by atoms with E-state index in [1.54, 1.807) is 18.2 Å². The van der Waals surface area contributed by atoms with Gasteiger partial charge in [-0.3, -0.25) is 4.79 Å². The van der Waals surface area contributed by atoms with Crippen LogP contribution in [0.25, 0.3) is 0 Å². The lowest BCUT2D eigenvalue weighted by molar-refractivity contribution is -0.120. The fraction of sp³-hybridized carbons (Fsp3) is 0.273. The number of nitrogens with one attached hydrogen (secondary N) is 1. The molecule has 0 atom stereocenters. The van der Waals surface area contributed by atoms with E-state index in [0.29, 0.717) is 23.1 Å². The zero-order chi connectivity index (χ0) is 12.3. The molecule has 88 valence electrons. The third-order valence-corrected chi connectivity index (χ3v) is 2.50. The van der Waals surface area contributed by atoms with Crippen LogP contribution in [0, 0.1) is 11.3 Å². The molecule has 17 heavy (non-hydrogen) atoms. The number of carbonyl (C=O) groups excluding carboxylic acids is 1. The Hall–Kier alpha value is -1.93. The maximum absolute atomic E-state index is 11.1. The van der Waals surface area contributed by atoms with Crippen molar-refractivity contribution in [3.63, 3.8) is 0 Å². The lowest BCUT2D eigenvalue weighted by atomic mass is 10.2. The van der Waals surface area contributed by atoms with Crippen molar-refractivity contribution in [3.05, 3.63) is 22.7 Å². The molecular weight excluding hydrogens is 244 g/mol. The molecule has 0 saturated heterocycles. The van der Waals surface area contributed by atoms with Crippen LogP contribution in [0.2, 0.25) is 5.02 Å². The van der Waals surface area contributed by atoms with Crippen LogP contribution in [0.5, 0.6) is 11.5 Å². The molecular formula is C11H9ClN2O3. The molecule has 0 unspecified atom stereocenters. The van der Waals surface area contributed by atoms with Crippen molar-refractivity contribution in [2.45, 2.75) is 13.0 Å². The Morgan fingerprint density at radius 1 is 1.53 bits per heavy atom. The predicted octanol–water partition coefficient (Wildman–Crippen LogP) is 1.60. The summed E-state index contributed by atoms with van der Waals surface area (Å²) in [5.41, 5.74) is 0.797. The largest absolute Gasteiger partial charge is 0.454 e. The van der Waals surface area contributed by atoms with Crippen LogP contribution < -0.4 is 14.8 Å². The average Bonchev–Trinajstić information content (AvgIpc) is 2.75. The zero-order valence-corrected chi connectivity index (χ0v) is 9.58. The molecule has 0 aromatic heterocycles. The van der Waals surface area contributed by atoms with E-state index in [2.05, 4.69) is 5.32 Å². The first-order chi connectivity index (χ1) is 8.20. The van der Waals surface area contributed by atoms with Gasteiger partial charge in [0.15, 0.2) is 11.5 Å². The Bertz CT molecular complexity index is 496. The second-order valence-electron chi connectivity index (χ2n) is 3.42. The Morgan fingerprint density at radius 3 is 3.12 bits per heavy atom. The van der Waals surface area contributed by atoms with Crippen molar-refractivity contribution >= 4 is 17.5 Å². The van der Waals surface area contributed by atoms with Crippen LogP contribution in [-0.4, -0.2) is 12.7 Å². The van der Waals surface area contributed by atoms with Gasteiger partial charge >= 0.3 is 0 Å². The molecule has 2 rings (SSSR count). The summed E-state index contributed by atoms with van der Waals surface area (Å²) in [7, 11) is 0. The summed E-state index contributed by atoms with van der Waals surface area (Å²) >= 11 is 5.98. The minimum absolute atomic E-state index is 0.152. The highest BCUT2D eigenvalue weighted by Gasteiger charge is 2.18. The van der Waals surface area contributed by atoms with Crippen molar-refractivity contribution in [1.29, 1.82) is 5.26 Å². The molecule has 1 amide bonds. The zero-order valence-electron chi connectivity index (χ0n) is 8.83. The minimum atomic E-state index is -0.318. The molecule has 1 aliphatic rings. The average molecular weight is 253 g/mol. The van der Waals surface area contributed by atoms with Gasteiger partial charge in [0, 0.05) is 6.54 Å². The highest BCUT2D eigenvalue weighted by Crippen LogP contribution is 2.39. The van der Waals surface area contributed by atoms with Gasteiger partial charge in [0.05, 0.1) is 11.1 Å². The second kappa shape index (κ2) is 4.93. The van der Waals surface area contributed by atoms with Crippen molar-refractivity contribution in [1.82, 2.24) is 5.32 Å². The van der Waals surface area contributed by atoms with E-state index in [1.165, 1.54) is 0 Å². The van der Waals surface area contributed by atoms with Gasteiger partial charge in [0.25, 0.3) is 0 Å². The van der Waals surface area contributed by atoms with E-state index in [1.807, 2.05) is 0 Å². The summed E-state index contributed by atoms with van der Waals surface area (Å²) < 4.78 is 10.4. The highest BCUT2D eigenvalue weighted by molar-refractivity contribution is 6.32. The van der Waals surface area contributed by atoms with Crippen LogP contribution in [0.4, 0.5) is 0 Å². The van der Waals surface area contributed by atoms with Crippen molar-refractivity contribution in [3.8, 4) is 17.6 Å². The van der Waals surface area contributed by atoms with Gasteiger partial charge in [0.2, 0.25) is 12.7 Å². The first-order valence-corrected chi connectivity index (χ1v) is 5.30. The molecule has 0 saturated carbocycles. The number of amides is 1. The molecule has 0 radical (unpaired) electrons. The summed E-state index contributed by atoms with van der Waals surface area (Å²) in [6, 6.07) is 5.22. The number of hydrogen-bond acceptors (Lipinski definition) is 4. The molecule has 5 nitrogen and oxygen atoms in total. The molecule has 1 N–H and O–H groups in total. The second-order valence-corrected chi connectivity index (χ2v) is 3.83. The van der Waals surface area contributed by atoms with E-state index in [9.17, 15) is 4.79 Å². The molecule has 0 fully saturated rings. The van der Waals surface area contributed by atoms with Gasteiger partial charge in [-0.1, -0.05) is 11.6 Å². The van der Waals surface area contributed by atoms with Gasteiger partial charge in [0.1, 0.15) is 6.42 Å². The van der Waals surface area contributed by atoms with Gasteiger partial charge in [-0.2, -0.15) is 5.26 Å². The monoisotopic (exact) mass is 252 g/mol. The van der Waals surface area contributed by atoms with Crippen molar-refractivity contribution in [2.24, 2.45) is 0 Å². The molecule has 0 aliphatic carbocycles. The van der Waals surface area contributed by atoms with Crippen LogP contribution in [-0.2, 0) is 11.3 Å². The molecule has 0 bridgehead atoms. The van der Waals surface area contributed by atoms with E-state index in [0.717, 1.165) is 5.56 Å². The van der Waals surface area contributed by atoms with E-state index in [4.69, 9.17) is 26.3 Å². The molecule has 1 heterocycles. The van der Waals surface area contributed by atoms with Crippen LogP contribution in [0.1, 0.15) is 12.0 Å². The van der Waals surface area contributed by atoms with Crippen molar-refractivity contribution in [2.75, 3.05) is 6.79 Å². The lowest BCUT2D eigenvalue weighted by Gasteiger charge is -2.05. The lowest BCUT2D eigenvalue weighted by Crippen LogP contribution is -2.21. The summed E-state index contributed by atoms with van der Waals surface area (Å²) in [6.45, 7) is 0.455. The maximum Gasteiger partial charge on any atom is 0.234 e. The predicted molar refractivity (Wildman–Crippen MR) is 59.7 cm³/mol. The Kier molecular flexibility index (Phi) is 3.35. The number of benzene rings is 1. The van der Waals surface area contributed by atoms with E-state index in [-0.39, 0.29) is 19.1 Å². The first kappa shape index (κ1) is 11.6. The van der Waals surface area contributed by atoms with Crippen LogP contribution in [0.3, 0.4) is 0 Å². The van der Waals surface area contributed by atoms with Crippen LogP contribution in [0.15, 0.2) is 12.1 Å². The maximum atomic E-state index is 11.1. The normalized spacial score (nSPS) is 12.0. The number of ether oxygens (including phenoxy) is 2. The quantitative estimate of drug-likeness (QED) is 0.887. The molecule has 1 aromatic carbocycles. The number of fused-ring (bicyclic) bond motifs is 1. The summed E-state index contributed by atoms with van der Waals surface area (Å²) in [4.78, 5) is 11.1. The van der Waals surface area contributed by atoms with Crippen molar-refractivity contribution < 1.29 is 14.3 Å². The van der Waals surface area contributed by atoms with Gasteiger partial charge in [-0.15, -0.1) is 0 Å². The first-order valence-electron chi connectivity index (χ1n) is 4.92. The molecule has 1 aliphatic heterocycles. The Labute approximate surface area is 103 Å². The smallest absolute Gasteiger partial charge is 0.234 e. The molecule has 6 heteroatoms. The summed E-state index contributed by atoms with van der Waals surface area (Å²) in [5.74, 6) is 0.780. The number of hydrogen-bond donors (Lipinski definition) is 1. The number of carbonyl (C=O) groups is 1. The molecule has 1 aromatic rings. The van der Waals surface area contributed by atoms with Gasteiger partial charge in [-0.25, -0.2) is 0 Å². The standard InChI is InChI=1S/C11H9ClN2O3/c12-8-3-7(5-14-10(15)1-2-13)4-9-11(8)17-6-16-9/h3-4H,1,5-6H2,(H,14,15). The SMILES string of the molecule is N#CCC(=O)NCc1cc(Cl)c2c(c1)OCO2. The number of halogens is 1. The summed E-state index contributed by atoms with van der Waals surface area (Å²) in [6.07, 6.45) is -0.154. The van der Waals surface area contributed by atoms with E-state index < -0.39 is 0 Å². The number of nitriles is 1. The third-order valence-electron chi connectivity index (χ3n) is 2.22. The number of rotatable bonds is 3. The fourth-order valence-corrected chi connectivity index (χ4v) is 1.75. The Morgan fingerprint density at radius 2 is 2.35 bits per heavy atom. The molecule has 0 spiro atoms.